The number of hydrogen-bond acceptors (Lipinski definition) is 3. The lowest BCUT2D eigenvalue weighted by Gasteiger charge is -2.31. The van der Waals surface area contributed by atoms with Crippen LogP contribution >= 0.6 is 11.6 Å². The van der Waals surface area contributed by atoms with E-state index in [4.69, 9.17) is 11.6 Å². The molecule has 5 heteroatoms. The largest absolute Gasteiger partial charge is 0.376 e. The number of halogens is 1. The molecule has 0 aromatic heterocycles. The van der Waals surface area contributed by atoms with Crippen LogP contribution in [0.2, 0.25) is 5.02 Å². The minimum Gasteiger partial charge on any atom is -0.376 e. The Balaban J connectivity index is 2.02. The van der Waals surface area contributed by atoms with Gasteiger partial charge in [0, 0.05) is 25.7 Å². The number of nitrogens with zero attached hydrogens (tertiary/aromatic N) is 1. The summed E-state index contributed by atoms with van der Waals surface area (Å²) >= 11 is 6.19. The standard InChI is InChI=1S/C14H20ClN3O/c1-9(10-7-16-8-10)14(19)17-11-4-5-13(18(2)3)12(15)6-11/h4-6,9-10,16H,7-8H2,1-3H3,(H,17,19). The van der Waals surface area contributed by atoms with Crippen molar-refractivity contribution in [3.63, 3.8) is 0 Å². The van der Waals surface area contributed by atoms with Crippen LogP contribution in [0.5, 0.6) is 0 Å². The van der Waals surface area contributed by atoms with Gasteiger partial charge in [-0.05, 0) is 37.2 Å². The van der Waals surface area contributed by atoms with Gasteiger partial charge in [0.25, 0.3) is 0 Å². The molecule has 1 unspecified atom stereocenters. The highest BCUT2D eigenvalue weighted by Crippen LogP contribution is 2.28. The molecule has 1 aliphatic rings. The number of benzene rings is 1. The fourth-order valence-corrected chi connectivity index (χ4v) is 2.43. The fraction of sp³-hybridized carbons (Fsp3) is 0.500. The molecule has 1 aromatic rings. The summed E-state index contributed by atoms with van der Waals surface area (Å²) in [5, 5.41) is 6.75. The van der Waals surface area contributed by atoms with Crippen molar-refractivity contribution in [1.29, 1.82) is 0 Å². The molecular formula is C14H20ClN3O. The van der Waals surface area contributed by atoms with E-state index in [0.29, 0.717) is 10.9 Å². The summed E-state index contributed by atoms with van der Waals surface area (Å²) in [4.78, 5) is 14.0. The summed E-state index contributed by atoms with van der Waals surface area (Å²) in [6.45, 7) is 3.82. The second-order valence-electron chi connectivity index (χ2n) is 5.26. The van der Waals surface area contributed by atoms with Gasteiger partial charge in [0.05, 0.1) is 10.7 Å². The average Bonchev–Trinajstić information content (AvgIpc) is 2.25. The summed E-state index contributed by atoms with van der Waals surface area (Å²) in [7, 11) is 3.87. The zero-order valence-corrected chi connectivity index (χ0v) is 12.3. The Labute approximate surface area is 119 Å². The van der Waals surface area contributed by atoms with Gasteiger partial charge in [0.1, 0.15) is 0 Å². The fourth-order valence-electron chi connectivity index (χ4n) is 2.08. The first kappa shape index (κ1) is 14.2. The van der Waals surface area contributed by atoms with E-state index in [-0.39, 0.29) is 11.8 Å². The summed E-state index contributed by atoms with van der Waals surface area (Å²) < 4.78 is 0. The van der Waals surface area contributed by atoms with Crippen LogP contribution in [0.25, 0.3) is 0 Å². The van der Waals surface area contributed by atoms with E-state index < -0.39 is 0 Å². The molecule has 2 N–H and O–H groups in total. The van der Waals surface area contributed by atoms with Gasteiger partial charge in [-0.25, -0.2) is 0 Å². The third-order valence-corrected chi connectivity index (χ3v) is 3.93. The molecule has 0 aliphatic carbocycles. The third kappa shape index (κ3) is 3.19. The quantitative estimate of drug-likeness (QED) is 0.889. The van der Waals surface area contributed by atoms with Crippen LogP contribution in [-0.2, 0) is 4.79 Å². The molecule has 0 bridgehead atoms. The molecule has 104 valence electrons. The number of rotatable bonds is 4. The predicted octanol–water partition coefficient (Wildman–Crippen LogP) is 2.20. The minimum atomic E-state index is 0.0218. The maximum Gasteiger partial charge on any atom is 0.227 e. The lowest BCUT2D eigenvalue weighted by atomic mass is 9.88. The Morgan fingerprint density at radius 3 is 2.63 bits per heavy atom. The zero-order valence-electron chi connectivity index (χ0n) is 11.5. The molecule has 0 saturated carbocycles. The first-order chi connectivity index (χ1) is 8.99. The van der Waals surface area contributed by atoms with Gasteiger partial charge in [-0.15, -0.1) is 0 Å². The van der Waals surface area contributed by atoms with E-state index in [9.17, 15) is 4.79 Å². The summed E-state index contributed by atoms with van der Waals surface area (Å²) in [5.41, 5.74) is 1.69. The van der Waals surface area contributed by atoms with Crippen molar-refractivity contribution in [3.8, 4) is 0 Å². The van der Waals surface area contributed by atoms with E-state index in [0.717, 1.165) is 24.5 Å². The Morgan fingerprint density at radius 2 is 2.16 bits per heavy atom. The SMILES string of the molecule is CC(C(=O)Nc1ccc(N(C)C)c(Cl)c1)C1CNC1. The van der Waals surface area contributed by atoms with Gasteiger partial charge in [0.2, 0.25) is 5.91 Å². The lowest BCUT2D eigenvalue weighted by Crippen LogP contribution is -2.48. The number of amides is 1. The van der Waals surface area contributed by atoms with E-state index in [1.54, 1.807) is 6.07 Å². The van der Waals surface area contributed by atoms with Crippen molar-refractivity contribution < 1.29 is 4.79 Å². The van der Waals surface area contributed by atoms with Crippen molar-refractivity contribution in [1.82, 2.24) is 5.32 Å². The van der Waals surface area contributed by atoms with E-state index in [2.05, 4.69) is 10.6 Å². The van der Waals surface area contributed by atoms with Crippen LogP contribution in [0.3, 0.4) is 0 Å². The first-order valence-electron chi connectivity index (χ1n) is 6.47. The topological polar surface area (TPSA) is 44.4 Å². The van der Waals surface area contributed by atoms with Gasteiger partial charge in [-0.1, -0.05) is 18.5 Å². The van der Waals surface area contributed by atoms with Crippen LogP contribution in [0, 0.1) is 11.8 Å². The normalized spacial score (nSPS) is 16.6. The van der Waals surface area contributed by atoms with Crippen LogP contribution in [0.4, 0.5) is 11.4 Å². The molecule has 1 heterocycles. The maximum absolute atomic E-state index is 12.1. The van der Waals surface area contributed by atoms with Crippen molar-refractivity contribution >= 4 is 28.9 Å². The molecule has 1 fully saturated rings. The van der Waals surface area contributed by atoms with Crippen molar-refractivity contribution in [3.05, 3.63) is 23.2 Å². The number of carbonyl (C=O) groups excluding carboxylic acids is 1. The van der Waals surface area contributed by atoms with Gasteiger partial charge < -0.3 is 15.5 Å². The van der Waals surface area contributed by atoms with Crippen molar-refractivity contribution in [2.24, 2.45) is 11.8 Å². The Hall–Kier alpha value is -1.26. The van der Waals surface area contributed by atoms with E-state index >= 15 is 0 Å². The highest BCUT2D eigenvalue weighted by atomic mass is 35.5. The van der Waals surface area contributed by atoms with Gasteiger partial charge in [0.15, 0.2) is 0 Å². The van der Waals surface area contributed by atoms with Crippen LogP contribution in [0.1, 0.15) is 6.92 Å². The Kier molecular flexibility index (Phi) is 4.32. The number of nitrogens with one attached hydrogen (secondary N) is 2. The molecule has 1 saturated heterocycles. The highest BCUT2D eigenvalue weighted by Gasteiger charge is 2.28. The molecule has 1 atom stereocenters. The van der Waals surface area contributed by atoms with Gasteiger partial charge in [-0.3, -0.25) is 4.79 Å². The summed E-state index contributed by atoms with van der Waals surface area (Å²) in [6.07, 6.45) is 0. The predicted molar refractivity (Wildman–Crippen MR) is 79.9 cm³/mol. The highest BCUT2D eigenvalue weighted by molar-refractivity contribution is 6.33. The van der Waals surface area contributed by atoms with Crippen molar-refractivity contribution in [2.45, 2.75) is 6.92 Å². The number of anilines is 2. The van der Waals surface area contributed by atoms with E-state index in [1.165, 1.54) is 0 Å². The number of carbonyl (C=O) groups is 1. The monoisotopic (exact) mass is 281 g/mol. The Bertz CT molecular complexity index is 472. The average molecular weight is 282 g/mol. The lowest BCUT2D eigenvalue weighted by molar-refractivity contribution is -0.121. The molecule has 0 spiro atoms. The van der Waals surface area contributed by atoms with Gasteiger partial charge in [-0.2, -0.15) is 0 Å². The molecule has 19 heavy (non-hydrogen) atoms. The summed E-state index contributed by atoms with van der Waals surface area (Å²) in [5.74, 6) is 0.519. The molecule has 1 amide bonds. The molecule has 1 aromatic carbocycles. The van der Waals surface area contributed by atoms with Crippen LogP contribution in [0.15, 0.2) is 18.2 Å². The maximum atomic E-state index is 12.1. The summed E-state index contributed by atoms with van der Waals surface area (Å²) in [6, 6.07) is 5.58. The molecule has 2 rings (SSSR count). The van der Waals surface area contributed by atoms with Crippen molar-refractivity contribution in [2.75, 3.05) is 37.4 Å². The number of hydrogen-bond donors (Lipinski definition) is 2. The second kappa shape index (κ2) is 5.80. The smallest absolute Gasteiger partial charge is 0.227 e. The molecular weight excluding hydrogens is 262 g/mol. The first-order valence-corrected chi connectivity index (χ1v) is 6.85. The third-order valence-electron chi connectivity index (χ3n) is 3.63. The van der Waals surface area contributed by atoms with E-state index in [1.807, 2.05) is 38.1 Å². The molecule has 1 aliphatic heterocycles. The zero-order chi connectivity index (χ0) is 14.0. The molecule has 0 radical (unpaired) electrons. The minimum absolute atomic E-state index is 0.0218. The Morgan fingerprint density at radius 1 is 1.47 bits per heavy atom. The van der Waals surface area contributed by atoms with Gasteiger partial charge >= 0.3 is 0 Å². The molecule has 4 nitrogen and oxygen atoms in total. The second-order valence-corrected chi connectivity index (χ2v) is 5.66. The van der Waals surface area contributed by atoms with Crippen LogP contribution < -0.4 is 15.5 Å². The van der Waals surface area contributed by atoms with Crippen LogP contribution in [-0.4, -0.2) is 33.1 Å².